The number of Topliss-reactive ketones (excluding diaryl/α,β-unsaturated/α-hetero) is 1. The van der Waals surface area contributed by atoms with Crippen molar-refractivity contribution in [2.75, 3.05) is 19.7 Å². The predicted molar refractivity (Wildman–Crippen MR) is 107 cm³/mol. The lowest BCUT2D eigenvalue weighted by Crippen LogP contribution is -2.32. The number of aromatic nitrogens is 1. The van der Waals surface area contributed by atoms with Crippen molar-refractivity contribution in [3.8, 4) is 6.07 Å². The number of nitrogens with one attached hydrogen (secondary N) is 1. The van der Waals surface area contributed by atoms with E-state index in [1.165, 1.54) is 0 Å². The van der Waals surface area contributed by atoms with Gasteiger partial charge in [-0.25, -0.2) is 4.79 Å². The molecule has 1 atom stereocenters. The van der Waals surface area contributed by atoms with E-state index in [2.05, 4.69) is 16.0 Å². The van der Waals surface area contributed by atoms with Crippen molar-refractivity contribution in [3.05, 3.63) is 57.9 Å². The summed E-state index contributed by atoms with van der Waals surface area (Å²) in [7, 11) is 0. The number of ketones is 1. The zero-order valence-corrected chi connectivity index (χ0v) is 17.1. The number of aryl methyl sites for hydroxylation is 1. The summed E-state index contributed by atoms with van der Waals surface area (Å²) in [6.45, 7) is 10.5. The monoisotopic (exact) mass is 381 g/mol. The summed E-state index contributed by atoms with van der Waals surface area (Å²) in [5, 5.41) is 8.95. The first-order valence-corrected chi connectivity index (χ1v) is 9.47. The third-order valence-corrected chi connectivity index (χ3v) is 5.02. The third kappa shape index (κ3) is 4.49. The number of carbonyl (C=O) groups excluding carboxylic acids is 2. The van der Waals surface area contributed by atoms with Crippen LogP contribution < -0.4 is 0 Å². The maximum absolute atomic E-state index is 12.9. The molecule has 2 rings (SSSR count). The molecule has 0 aliphatic rings. The molecule has 0 bridgehead atoms. The summed E-state index contributed by atoms with van der Waals surface area (Å²) < 4.78 is 5.10. The number of hydrogen-bond donors (Lipinski definition) is 1. The average Bonchev–Trinajstić information content (AvgIpc) is 3.00. The Kier molecular flexibility index (Phi) is 7.13. The van der Waals surface area contributed by atoms with Crippen molar-refractivity contribution in [1.82, 2.24) is 9.88 Å². The minimum Gasteiger partial charge on any atom is -0.462 e. The molecule has 1 N–H and O–H groups in total. The minimum atomic E-state index is -0.411. The van der Waals surface area contributed by atoms with Crippen LogP contribution in [0.2, 0.25) is 0 Å². The number of H-pyrrole nitrogens is 1. The van der Waals surface area contributed by atoms with Crippen LogP contribution in [0.15, 0.2) is 24.3 Å². The van der Waals surface area contributed by atoms with E-state index in [0.29, 0.717) is 34.6 Å². The Bertz CT molecular complexity index is 891. The third-order valence-electron chi connectivity index (χ3n) is 5.02. The average molecular weight is 381 g/mol. The van der Waals surface area contributed by atoms with Crippen LogP contribution in [0.1, 0.15) is 70.0 Å². The number of ether oxygens (including phenoxy) is 1. The molecule has 148 valence electrons. The Hall–Kier alpha value is -2.91. The molecule has 0 saturated heterocycles. The Balaban J connectivity index is 2.21. The Morgan fingerprint density at radius 3 is 2.39 bits per heavy atom. The molecular weight excluding hydrogens is 354 g/mol. The van der Waals surface area contributed by atoms with Crippen molar-refractivity contribution in [2.45, 2.75) is 40.7 Å². The predicted octanol–water partition coefficient (Wildman–Crippen LogP) is 3.95. The van der Waals surface area contributed by atoms with Crippen LogP contribution in [0.25, 0.3) is 0 Å². The topological polar surface area (TPSA) is 86.2 Å². The molecule has 0 radical (unpaired) electrons. The highest BCUT2D eigenvalue weighted by Gasteiger charge is 2.25. The normalized spacial score (nSPS) is 11.9. The summed E-state index contributed by atoms with van der Waals surface area (Å²) in [4.78, 5) is 30.2. The molecule has 0 aliphatic carbocycles. The molecule has 0 saturated carbocycles. The van der Waals surface area contributed by atoms with E-state index >= 15 is 0 Å². The minimum absolute atomic E-state index is 0.0163. The van der Waals surface area contributed by atoms with Crippen LogP contribution in [0.4, 0.5) is 0 Å². The number of likely N-dealkylation sites (N-methyl/N-ethyl adjacent to an activating group) is 1. The number of aromatic amines is 1. The van der Waals surface area contributed by atoms with E-state index in [4.69, 9.17) is 10.00 Å². The van der Waals surface area contributed by atoms with Gasteiger partial charge in [-0.1, -0.05) is 19.1 Å². The molecule has 0 spiro atoms. The molecule has 6 nitrogen and oxygen atoms in total. The second-order valence-corrected chi connectivity index (χ2v) is 6.74. The lowest BCUT2D eigenvalue weighted by Gasteiger charge is -2.27. The van der Waals surface area contributed by atoms with Crippen LogP contribution >= 0.6 is 0 Å². The van der Waals surface area contributed by atoms with Crippen molar-refractivity contribution in [2.24, 2.45) is 0 Å². The highest BCUT2D eigenvalue weighted by molar-refractivity contribution is 6.02. The maximum Gasteiger partial charge on any atom is 0.340 e. The Morgan fingerprint density at radius 1 is 1.21 bits per heavy atom. The first-order chi connectivity index (χ1) is 13.3. The quantitative estimate of drug-likeness (QED) is 0.553. The molecular formula is C22H27N3O3. The van der Waals surface area contributed by atoms with Gasteiger partial charge in [-0.3, -0.25) is 9.69 Å². The molecule has 0 fully saturated rings. The number of carbonyl (C=O) groups is 2. The highest BCUT2D eigenvalue weighted by atomic mass is 16.5. The molecule has 0 aliphatic heterocycles. The van der Waals surface area contributed by atoms with E-state index < -0.39 is 5.97 Å². The van der Waals surface area contributed by atoms with Gasteiger partial charge < -0.3 is 9.72 Å². The number of rotatable bonds is 8. The van der Waals surface area contributed by atoms with Crippen LogP contribution in [0.3, 0.4) is 0 Å². The van der Waals surface area contributed by atoms with Crippen LogP contribution in [-0.2, 0) is 4.74 Å². The zero-order chi connectivity index (χ0) is 20.8. The van der Waals surface area contributed by atoms with Gasteiger partial charge in [0, 0.05) is 11.7 Å². The summed E-state index contributed by atoms with van der Waals surface area (Å²) in [5.41, 5.74) is 3.81. The van der Waals surface area contributed by atoms with Crippen LogP contribution in [0, 0.1) is 25.2 Å². The molecule has 2 aromatic rings. The van der Waals surface area contributed by atoms with Crippen LogP contribution in [0.5, 0.6) is 0 Å². The van der Waals surface area contributed by atoms with Gasteiger partial charge >= 0.3 is 5.97 Å². The SMILES string of the molecule is CCOC(=O)c1c(C)[nH]c(C(=O)CN(CC)C(C)c2ccc(C#N)cc2)c1C. The zero-order valence-electron chi connectivity index (χ0n) is 17.1. The Morgan fingerprint density at radius 2 is 1.86 bits per heavy atom. The fraction of sp³-hybridized carbons (Fsp3) is 0.409. The molecule has 1 heterocycles. The molecule has 28 heavy (non-hydrogen) atoms. The molecule has 1 aromatic carbocycles. The van der Waals surface area contributed by atoms with E-state index in [0.717, 1.165) is 5.56 Å². The van der Waals surface area contributed by atoms with E-state index in [9.17, 15) is 9.59 Å². The van der Waals surface area contributed by atoms with Gasteiger partial charge in [0.15, 0.2) is 5.78 Å². The van der Waals surface area contributed by atoms with E-state index in [1.807, 2.05) is 26.0 Å². The van der Waals surface area contributed by atoms with E-state index in [1.54, 1.807) is 32.9 Å². The van der Waals surface area contributed by atoms with E-state index in [-0.39, 0.29) is 25.0 Å². The lowest BCUT2D eigenvalue weighted by atomic mass is 10.0. The molecule has 0 amide bonds. The van der Waals surface area contributed by atoms with Gasteiger partial charge in [-0.2, -0.15) is 5.26 Å². The van der Waals surface area contributed by atoms with Gasteiger partial charge in [-0.05, 0) is 57.5 Å². The molecule has 1 aromatic heterocycles. The smallest absolute Gasteiger partial charge is 0.340 e. The summed E-state index contributed by atoms with van der Waals surface area (Å²) in [5.74, 6) is -0.482. The summed E-state index contributed by atoms with van der Waals surface area (Å²) in [6.07, 6.45) is 0. The summed E-state index contributed by atoms with van der Waals surface area (Å²) in [6, 6.07) is 9.53. The molecule has 1 unspecified atom stereocenters. The number of esters is 1. The molecule has 6 heteroatoms. The second-order valence-electron chi connectivity index (χ2n) is 6.74. The van der Waals surface area contributed by atoms with Gasteiger partial charge in [0.05, 0.1) is 36.0 Å². The number of nitrogens with zero attached hydrogens (tertiary/aromatic N) is 2. The van der Waals surface area contributed by atoms with Crippen molar-refractivity contribution in [3.63, 3.8) is 0 Å². The standard InChI is InChI=1S/C22H27N3O3/c1-6-25(16(5)18-10-8-17(12-23)9-11-18)13-19(26)21-14(3)20(15(4)24-21)22(27)28-7-2/h8-11,16,24H,6-7,13H2,1-5H3. The van der Waals surface area contributed by atoms with Gasteiger partial charge in [0.1, 0.15) is 0 Å². The largest absolute Gasteiger partial charge is 0.462 e. The highest BCUT2D eigenvalue weighted by Crippen LogP contribution is 2.23. The summed E-state index contributed by atoms with van der Waals surface area (Å²) >= 11 is 0. The van der Waals surface area contributed by atoms with Crippen molar-refractivity contribution in [1.29, 1.82) is 5.26 Å². The first kappa shape index (κ1) is 21.4. The van der Waals surface area contributed by atoms with Crippen LogP contribution in [-0.4, -0.2) is 41.3 Å². The van der Waals surface area contributed by atoms with Gasteiger partial charge in [0.2, 0.25) is 0 Å². The number of hydrogen-bond acceptors (Lipinski definition) is 5. The van der Waals surface area contributed by atoms with Crippen molar-refractivity contribution < 1.29 is 14.3 Å². The lowest BCUT2D eigenvalue weighted by molar-refractivity contribution is 0.0525. The first-order valence-electron chi connectivity index (χ1n) is 9.47. The van der Waals surface area contributed by atoms with Gasteiger partial charge in [-0.15, -0.1) is 0 Å². The van der Waals surface area contributed by atoms with Gasteiger partial charge in [0.25, 0.3) is 0 Å². The fourth-order valence-corrected chi connectivity index (χ4v) is 3.37. The van der Waals surface area contributed by atoms with Crippen molar-refractivity contribution >= 4 is 11.8 Å². The maximum atomic E-state index is 12.9. The fourth-order valence-electron chi connectivity index (χ4n) is 3.37. The number of nitriles is 1. The Labute approximate surface area is 166 Å². The second kappa shape index (κ2) is 9.34. The number of benzene rings is 1.